The van der Waals surface area contributed by atoms with Crippen molar-refractivity contribution in [3.63, 3.8) is 0 Å². The highest BCUT2D eigenvalue weighted by Gasteiger charge is 2.21. The highest BCUT2D eigenvalue weighted by atomic mass is 35.5. The number of nitrogens with zero attached hydrogens (tertiary/aromatic N) is 5. The lowest BCUT2D eigenvalue weighted by Gasteiger charge is -2.37. The van der Waals surface area contributed by atoms with Crippen LogP contribution in [0.3, 0.4) is 0 Å². The molecule has 1 aliphatic heterocycles. The Morgan fingerprint density at radius 3 is 2.61 bits per heavy atom. The molecule has 3 aromatic rings. The van der Waals surface area contributed by atoms with Gasteiger partial charge in [0.2, 0.25) is 0 Å². The average Bonchev–Trinajstić information content (AvgIpc) is 3.04. The fraction of sp³-hybridized carbons (Fsp3) is 0.429. The zero-order valence-corrected chi connectivity index (χ0v) is 16.9. The van der Waals surface area contributed by atoms with Crippen molar-refractivity contribution in [2.24, 2.45) is 5.92 Å². The normalized spacial score (nSPS) is 16.6. The Hall–Kier alpha value is -2.31. The van der Waals surface area contributed by atoms with Crippen molar-refractivity contribution >= 4 is 22.9 Å². The van der Waals surface area contributed by atoms with Gasteiger partial charge in [-0.2, -0.15) is 0 Å². The van der Waals surface area contributed by atoms with E-state index in [0.717, 1.165) is 44.2 Å². The third kappa shape index (κ3) is 4.08. The van der Waals surface area contributed by atoms with Crippen molar-refractivity contribution in [2.45, 2.75) is 19.9 Å². The van der Waals surface area contributed by atoms with Crippen molar-refractivity contribution in [1.29, 1.82) is 0 Å². The Kier molecular flexibility index (Phi) is 5.69. The Morgan fingerprint density at radius 1 is 1.07 bits per heavy atom. The van der Waals surface area contributed by atoms with Gasteiger partial charge in [0.1, 0.15) is 0 Å². The van der Waals surface area contributed by atoms with E-state index in [-0.39, 0.29) is 5.69 Å². The molecule has 0 bridgehead atoms. The van der Waals surface area contributed by atoms with Crippen LogP contribution in [-0.4, -0.2) is 51.8 Å². The second-order valence-corrected chi connectivity index (χ2v) is 7.87. The second-order valence-electron chi connectivity index (χ2n) is 7.44. The maximum atomic E-state index is 12.5. The summed E-state index contributed by atoms with van der Waals surface area (Å²) in [7, 11) is 0. The minimum Gasteiger partial charge on any atom is -0.369 e. The summed E-state index contributed by atoms with van der Waals surface area (Å²) >= 11 is 6.13. The van der Waals surface area contributed by atoms with Gasteiger partial charge in [-0.25, -0.2) is 9.48 Å². The van der Waals surface area contributed by atoms with E-state index in [0.29, 0.717) is 18.1 Å². The predicted molar refractivity (Wildman–Crippen MR) is 113 cm³/mol. The van der Waals surface area contributed by atoms with Crippen molar-refractivity contribution in [1.82, 2.24) is 19.1 Å². The SMILES string of the molecule is CCC(CN1CCN(c2cccc(Cl)c2)CC1)Cn1nc2ccccn2c1=O. The van der Waals surface area contributed by atoms with Crippen molar-refractivity contribution in [2.75, 3.05) is 37.6 Å². The van der Waals surface area contributed by atoms with E-state index in [9.17, 15) is 4.79 Å². The van der Waals surface area contributed by atoms with Gasteiger partial charge in [-0.1, -0.05) is 37.1 Å². The topological polar surface area (TPSA) is 45.8 Å². The molecular formula is C21H26ClN5O. The number of benzene rings is 1. The molecule has 7 heteroatoms. The van der Waals surface area contributed by atoms with E-state index in [1.807, 2.05) is 36.4 Å². The molecule has 1 aromatic carbocycles. The van der Waals surface area contributed by atoms with Crippen LogP contribution in [0.25, 0.3) is 5.65 Å². The molecule has 0 N–H and O–H groups in total. The number of aromatic nitrogens is 3. The van der Waals surface area contributed by atoms with Crippen molar-refractivity contribution in [3.8, 4) is 0 Å². The molecule has 0 aliphatic carbocycles. The first kappa shape index (κ1) is 19.0. The Bertz CT molecular complexity index is 990. The number of fused-ring (bicyclic) bond motifs is 1. The highest BCUT2D eigenvalue weighted by molar-refractivity contribution is 6.30. The number of anilines is 1. The summed E-state index contributed by atoms with van der Waals surface area (Å²) in [5, 5.41) is 5.26. The molecule has 1 unspecified atom stereocenters. The molecule has 4 rings (SSSR count). The fourth-order valence-electron chi connectivity index (χ4n) is 3.87. The van der Waals surface area contributed by atoms with Gasteiger partial charge in [0, 0.05) is 49.6 Å². The molecule has 28 heavy (non-hydrogen) atoms. The first-order valence-electron chi connectivity index (χ1n) is 9.91. The van der Waals surface area contributed by atoms with Crippen LogP contribution in [0.15, 0.2) is 53.5 Å². The molecule has 2 aromatic heterocycles. The first-order valence-corrected chi connectivity index (χ1v) is 10.3. The molecule has 0 saturated carbocycles. The van der Waals surface area contributed by atoms with Gasteiger partial charge in [0.15, 0.2) is 5.65 Å². The number of pyridine rings is 1. The lowest BCUT2D eigenvalue weighted by Crippen LogP contribution is -2.48. The van der Waals surface area contributed by atoms with Crippen LogP contribution in [0.4, 0.5) is 5.69 Å². The van der Waals surface area contributed by atoms with Gasteiger partial charge in [0.25, 0.3) is 0 Å². The van der Waals surface area contributed by atoms with Gasteiger partial charge in [0.05, 0.1) is 6.54 Å². The standard InChI is InChI=1S/C21H26ClN5O/c1-2-17(16-27-21(28)26-9-4-3-8-20(26)23-27)15-24-10-12-25(13-11-24)19-7-5-6-18(22)14-19/h3-9,14,17H,2,10-13,15-16H2,1H3. The zero-order valence-electron chi connectivity index (χ0n) is 16.2. The second kappa shape index (κ2) is 8.37. The minimum atomic E-state index is -0.0557. The summed E-state index contributed by atoms with van der Waals surface area (Å²) in [6.45, 7) is 7.85. The Balaban J connectivity index is 1.36. The molecule has 1 saturated heterocycles. The van der Waals surface area contributed by atoms with Gasteiger partial charge >= 0.3 is 5.69 Å². The smallest absolute Gasteiger partial charge is 0.350 e. The third-order valence-corrected chi connectivity index (χ3v) is 5.79. The number of hydrogen-bond acceptors (Lipinski definition) is 4. The summed E-state index contributed by atoms with van der Waals surface area (Å²) in [5.74, 6) is 0.403. The van der Waals surface area contributed by atoms with E-state index in [1.165, 1.54) is 5.69 Å². The molecule has 1 fully saturated rings. The monoisotopic (exact) mass is 399 g/mol. The summed E-state index contributed by atoms with van der Waals surface area (Å²) in [6, 6.07) is 13.7. The van der Waals surface area contributed by atoms with Gasteiger partial charge in [-0.3, -0.25) is 9.30 Å². The van der Waals surface area contributed by atoms with Crippen LogP contribution in [0.1, 0.15) is 13.3 Å². The molecule has 1 atom stereocenters. The number of hydrogen-bond donors (Lipinski definition) is 0. The highest BCUT2D eigenvalue weighted by Crippen LogP contribution is 2.21. The molecule has 0 radical (unpaired) electrons. The van der Waals surface area contributed by atoms with Gasteiger partial charge < -0.3 is 4.90 Å². The molecule has 3 heterocycles. The molecule has 0 spiro atoms. The van der Waals surface area contributed by atoms with E-state index in [4.69, 9.17) is 11.6 Å². The van der Waals surface area contributed by atoms with E-state index >= 15 is 0 Å². The molecule has 1 aliphatic rings. The minimum absolute atomic E-state index is 0.0557. The average molecular weight is 400 g/mol. The number of halogens is 1. The molecule has 148 valence electrons. The maximum Gasteiger partial charge on any atom is 0.350 e. The van der Waals surface area contributed by atoms with Crippen molar-refractivity contribution in [3.05, 3.63) is 64.2 Å². The Labute approximate surface area is 169 Å². The van der Waals surface area contributed by atoms with Crippen LogP contribution >= 0.6 is 11.6 Å². The van der Waals surface area contributed by atoms with E-state index in [1.54, 1.807) is 15.3 Å². The largest absolute Gasteiger partial charge is 0.369 e. The molecular weight excluding hydrogens is 374 g/mol. The summed E-state index contributed by atoms with van der Waals surface area (Å²) in [6.07, 6.45) is 2.80. The van der Waals surface area contributed by atoms with E-state index in [2.05, 4.69) is 27.9 Å². The molecule has 6 nitrogen and oxygen atoms in total. The summed E-state index contributed by atoms with van der Waals surface area (Å²) < 4.78 is 3.22. The lowest BCUT2D eigenvalue weighted by molar-refractivity contribution is 0.200. The lowest BCUT2D eigenvalue weighted by atomic mass is 10.1. The van der Waals surface area contributed by atoms with Crippen LogP contribution in [0.5, 0.6) is 0 Å². The fourth-order valence-corrected chi connectivity index (χ4v) is 4.06. The maximum absolute atomic E-state index is 12.5. The Morgan fingerprint density at radius 2 is 1.89 bits per heavy atom. The van der Waals surface area contributed by atoms with Crippen LogP contribution in [0, 0.1) is 5.92 Å². The van der Waals surface area contributed by atoms with Crippen LogP contribution < -0.4 is 10.6 Å². The van der Waals surface area contributed by atoms with E-state index < -0.39 is 0 Å². The van der Waals surface area contributed by atoms with Crippen LogP contribution in [-0.2, 0) is 6.54 Å². The van der Waals surface area contributed by atoms with Gasteiger partial charge in [-0.15, -0.1) is 5.10 Å². The van der Waals surface area contributed by atoms with Crippen molar-refractivity contribution < 1.29 is 0 Å². The zero-order chi connectivity index (χ0) is 19.5. The van der Waals surface area contributed by atoms with Gasteiger partial charge in [-0.05, 0) is 36.2 Å². The molecule has 0 amide bonds. The van der Waals surface area contributed by atoms with Crippen LogP contribution in [0.2, 0.25) is 5.02 Å². The predicted octanol–water partition coefficient (Wildman–Crippen LogP) is 3.00. The summed E-state index contributed by atoms with van der Waals surface area (Å²) in [4.78, 5) is 17.4. The first-order chi connectivity index (χ1) is 13.6. The quantitative estimate of drug-likeness (QED) is 0.639. The number of piperazine rings is 1. The summed E-state index contributed by atoms with van der Waals surface area (Å²) in [5.41, 5.74) is 1.84. The number of rotatable bonds is 6. The third-order valence-electron chi connectivity index (χ3n) is 5.56.